The van der Waals surface area contributed by atoms with Gasteiger partial charge in [-0.15, -0.1) is 0 Å². The summed E-state index contributed by atoms with van der Waals surface area (Å²) in [6.07, 6.45) is 0.982. The quantitative estimate of drug-likeness (QED) is 0.869. The van der Waals surface area contributed by atoms with E-state index in [1.807, 2.05) is 0 Å². The molecule has 0 spiro atoms. The molecule has 2 saturated heterocycles. The molecule has 1 aromatic heterocycles. The summed E-state index contributed by atoms with van der Waals surface area (Å²) < 4.78 is 10.8. The van der Waals surface area contributed by atoms with E-state index in [2.05, 4.69) is 34.2 Å². The van der Waals surface area contributed by atoms with Crippen molar-refractivity contribution in [3.8, 4) is 0 Å². The lowest BCUT2D eigenvalue weighted by Gasteiger charge is -2.38. The molecule has 2 aliphatic heterocycles. The SMILES string of the molecule is CC(C)(c1noc(C2CCOC2)n1)N1CCNCC1. The normalized spacial score (nSPS) is 25.9. The average Bonchev–Trinajstić information content (AvgIpc) is 3.10. The van der Waals surface area contributed by atoms with Crippen LogP contribution in [-0.2, 0) is 10.3 Å². The lowest BCUT2D eigenvalue weighted by Crippen LogP contribution is -2.52. The fraction of sp³-hybridized carbons (Fsp3) is 0.846. The molecule has 0 aromatic carbocycles. The van der Waals surface area contributed by atoms with E-state index < -0.39 is 0 Å². The molecule has 1 atom stereocenters. The van der Waals surface area contributed by atoms with Crippen molar-refractivity contribution in [3.63, 3.8) is 0 Å². The van der Waals surface area contributed by atoms with Crippen molar-refractivity contribution < 1.29 is 9.26 Å². The highest BCUT2D eigenvalue weighted by molar-refractivity contribution is 5.05. The van der Waals surface area contributed by atoms with E-state index in [-0.39, 0.29) is 11.5 Å². The molecule has 0 bridgehead atoms. The first-order valence-electron chi connectivity index (χ1n) is 7.05. The predicted octanol–water partition coefficient (Wildman–Crippen LogP) is 0.714. The van der Waals surface area contributed by atoms with Crippen LogP contribution in [0, 0.1) is 0 Å². The van der Waals surface area contributed by atoms with Gasteiger partial charge in [-0.3, -0.25) is 4.90 Å². The molecule has 0 amide bonds. The average molecular weight is 266 g/mol. The molecule has 0 aliphatic carbocycles. The lowest BCUT2D eigenvalue weighted by molar-refractivity contribution is 0.0924. The monoisotopic (exact) mass is 266 g/mol. The zero-order valence-electron chi connectivity index (χ0n) is 11.7. The van der Waals surface area contributed by atoms with Crippen LogP contribution in [0.3, 0.4) is 0 Å². The minimum atomic E-state index is -0.177. The molecular formula is C13H22N4O2. The Kier molecular flexibility index (Phi) is 3.56. The van der Waals surface area contributed by atoms with Gasteiger partial charge in [0.15, 0.2) is 5.82 Å². The molecular weight excluding hydrogens is 244 g/mol. The van der Waals surface area contributed by atoms with Gasteiger partial charge < -0.3 is 14.6 Å². The van der Waals surface area contributed by atoms with Gasteiger partial charge in [0.2, 0.25) is 5.89 Å². The van der Waals surface area contributed by atoms with E-state index in [4.69, 9.17) is 9.26 Å². The van der Waals surface area contributed by atoms with Gasteiger partial charge in [0.05, 0.1) is 18.1 Å². The van der Waals surface area contributed by atoms with E-state index in [0.717, 1.165) is 50.9 Å². The van der Waals surface area contributed by atoms with Crippen LogP contribution in [0.2, 0.25) is 0 Å². The summed E-state index contributed by atoms with van der Waals surface area (Å²) in [5, 5.41) is 7.57. The third kappa shape index (κ3) is 2.52. The molecule has 3 heterocycles. The molecule has 1 unspecified atom stereocenters. The molecule has 1 N–H and O–H groups in total. The van der Waals surface area contributed by atoms with Gasteiger partial charge in [-0.1, -0.05) is 5.16 Å². The molecule has 106 valence electrons. The highest BCUT2D eigenvalue weighted by Crippen LogP contribution is 2.29. The first kappa shape index (κ1) is 13.0. The number of hydrogen-bond acceptors (Lipinski definition) is 6. The maximum absolute atomic E-state index is 5.44. The minimum absolute atomic E-state index is 0.177. The van der Waals surface area contributed by atoms with Crippen LogP contribution in [0.25, 0.3) is 0 Å². The number of piperazine rings is 1. The van der Waals surface area contributed by atoms with Crippen molar-refractivity contribution in [3.05, 3.63) is 11.7 Å². The Bertz CT molecular complexity index is 420. The second-order valence-electron chi connectivity index (χ2n) is 5.81. The summed E-state index contributed by atoms with van der Waals surface area (Å²) in [7, 11) is 0. The first-order valence-corrected chi connectivity index (χ1v) is 7.05. The minimum Gasteiger partial charge on any atom is -0.381 e. The van der Waals surface area contributed by atoms with Crippen molar-refractivity contribution in [2.75, 3.05) is 39.4 Å². The molecule has 6 heteroatoms. The van der Waals surface area contributed by atoms with Crippen molar-refractivity contribution in [2.45, 2.75) is 31.7 Å². The summed E-state index contributed by atoms with van der Waals surface area (Å²) in [5.74, 6) is 1.80. The standard InChI is InChI=1S/C13H22N4O2/c1-13(2,17-6-4-14-5-7-17)12-15-11(19-16-12)10-3-8-18-9-10/h10,14H,3-9H2,1-2H3. The summed E-state index contributed by atoms with van der Waals surface area (Å²) in [6.45, 7) is 9.90. The predicted molar refractivity (Wildman–Crippen MR) is 69.9 cm³/mol. The van der Waals surface area contributed by atoms with Crippen molar-refractivity contribution in [1.29, 1.82) is 0 Å². The lowest BCUT2D eigenvalue weighted by atomic mass is 10.0. The fourth-order valence-corrected chi connectivity index (χ4v) is 2.74. The van der Waals surface area contributed by atoms with Gasteiger partial charge in [-0.05, 0) is 20.3 Å². The topological polar surface area (TPSA) is 63.4 Å². The maximum atomic E-state index is 5.44. The Labute approximate surface area is 113 Å². The van der Waals surface area contributed by atoms with Crippen molar-refractivity contribution >= 4 is 0 Å². The van der Waals surface area contributed by atoms with Gasteiger partial charge in [-0.2, -0.15) is 4.98 Å². The van der Waals surface area contributed by atoms with Crippen LogP contribution in [0.5, 0.6) is 0 Å². The maximum Gasteiger partial charge on any atom is 0.232 e. The van der Waals surface area contributed by atoms with E-state index in [0.29, 0.717) is 6.61 Å². The zero-order valence-corrected chi connectivity index (χ0v) is 11.7. The van der Waals surface area contributed by atoms with Crippen LogP contribution in [0.1, 0.15) is 37.9 Å². The van der Waals surface area contributed by atoms with Crippen molar-refractivity contribution in [2.24, 2.45) is 0 Å². The van der Waals surface area contributed by atoms with E-state index >= 15 is 0 Å². The molecule has 0 radical (unpaired) electrons. The fourth-order valence-electron chi connectivity index (χ4n) is 2.74. The number of rotatable bonds is 3. The Morgan fingerprint density at radius 1 is 1.32 bits per heavy atom. The highest BCUT2D eigenvalue weighted by atomic mass is 16.5. The van der Waals surface area contributed by atoms with E-state index in [1.165, 1.54) is 0 Å². The van der Waals surface area contributed by atoms with Crippen LogP contribution >= 0.6 is 0 Å². The molecule has 2 aliphatic rings. The van der Waals surface area contributed by atoms with Gasteiger partial charge in [0.25, 0.3) is 0 Å². The third-order valence-electron chi connectivity index (χ3n) is 4.18. The molecule has 2 fully saturated rings. The molecule has 3 rings (SSSR count). The second kappa shape index (κ2) is 5.19. The summed E-state index contributed by atoms with van der Waals surface area (Å²) in [6, 6.07) is 0. The first-order chi connectivity index (χ1) is 9.18. The van der Waals surface area contributed by atoms with Gasteiger partial charge in [0, 0.05) is 32.8 Å². The number of ether oxygens (including phenoxy) is 1. The van der Waals surface area contributed by atoms with Crippen LogP contribution in [-0.4, -0.2) is 54.4 Å². The van der Waals surface area contributed by atoms with Crippen LogP contribution < -0.4 is 5.32 Å². The number of aromatic nitrogens is 2. The number of nitrogens with zero attached hydrogens (tertiary/aromatic N) is 3. The van der Waals surface area contributed by atoms with Gasteiger partial charge in [-0.25, -0.2) is 0 Å². The number of hydrogen-bond donors (Lipinski definition) is 1. The summed E-state index contributed by atoms with van der Waals surface area (Å²) in [5.41, 5.74) is -0.177. The Morgan fingerprint density at radius 3 is 2.79 bits per heavy atom. The Morgan fingerprint density at radius 2 is 2.11 bits per heavy atom. The highest BCUT2D eigenvalue weighted by Gasteiger charge is 2.35. The number of nitrogens with one attached hydrogen (secondary N) is 1. The zero-order chi connectivity index (χ0) is 13.3. The third-order valence-corrected chi connectivity index (χ3v) is 4.18. The van der Waals surface area contributed by atoms with Crippen LogP contribution in [0.15, 0.2) is 4.52 Å². The largest absolute Gasteiger partial charge is 0.381 e. The van der Waals surface area contributed by atoms with Crippen molar-refractivity contribution in [1.82, 2.24) is 20.4 Å². The summed E-state index contributed by atoms with van der Waals surface area (Å²) in [4.78, 5) is 7.03. The van der Waals surface area contributed by atoms with Gasteiger partial charge >= 0.3 is 0 Å². The Hall–Kier alpha value is -0.980. The molecule has 0 saturated carbocycles. The smallest absolute Gasteiger partial charge is 0.232 e. The molecule has 1 aromatic rings. The van der Waals surface area contributed by atoms with Crippen LogP contribution in [0.4, 0.5) is 0 Å². The van der Waals surface area contributed by atoms with E-state index in [9.17, 15) is 0 Å². The summed E-state index contributed by atoms with van der Waals surface area (Å²) >= 11 is 0. The van der Waals surface area contributed by atoms with E-state index in [1.54, 1.807) is 0 Å². The van der Waals surface area contributed by atoms with Gasteiger partial charge in [0.1, 0.15) is 0 Å². The molecule has 6 nitrogen and oxygen atoms in total. The molecule has 19 heavy (non-hydrogen) atoms. The Balaban J connectivity index is 1.76. The second-order valence-corrected chi connectivity index (χ2v) is 5.81.